The van der Waals surface area contributed by atoms with Gasteiger partial charge in [0.05, 0.1) is 10.6 Å². The molecule has 0 radical (unpaired) electrons. The number of amides is 1. The summed E-state index contributed by atoms with van der Waals surface area (Å²) in [5.41, 5.74) is 1.28. The molecular weight excluding hydrogens is 414 g/mol. The number of para-hydroxylation sites is 1. The highest BCUT2D eigenvalue weighted by atomic mass is 32.1. The molecular formula is C23H15N3O4S. The first-order valence-corrected chi connectivity index (χ1v) is 10.1. The fourth-order valence-electron chi connectivity index (χ4n) is 3.03. The number of thiazole rings is 1. The highest BCUT2D eigenvalue weighted by Gasteiger charge is 2.24. The van der Waals surface area contributed by atoms with Crippen molar-refractivity contribution in [2.24, 2.45) is 0 Å². The molecule has 0 saturated carbocycles. The fraction of sp³-hybridized carbons (Fsp3) is 0. The second-order valence-corrected chi connectivity index (χ2v) is 7.49. The summed E-state index contributed by atoms with van der Waals surface area (Å²) in [5, 5.41) is 14.0. The molecule has 3 aromatic carbocycles. The molecule has 7 nitrogen and oxygen atoms in total. The van der Waals surface area contributed by atoms with Gasteiger partial charge in [-0.15, -0.1) is 0 Å². The van der Waals surface area contributed by atoms with Crippen molar-refractivity contribution >= 4 is 33.8 Å². The topological polar surface area (TPSA) is 102 Å². The number of aromatic nitrogens is 1. The minimum absolute atomic E-state index is 0.0834. The summed E-state index contributed by atoms with van der Waals surface area (Å²) < 4.78 is 0. The van der Waals surface area contributed by atoms with E-state index in [-0.39, 0.29) is 22.2 Å². The van der Waals surface area contributed by atoms with Crippen LogP contribution in [0.1, 0.15) is 25.6 Å². The lowest BCUT2D eigenvalue weighted by atomic mass is 10.1. The molecule has 4 aromatic rings. The van der Waals surface area contributed by atoms with Crippen LogP contribution in [0.2, 0.25) is 0 Å². The third kappa shape index (κ3) is 4.24. The zero-order valence-electron chi connectivity index (χ0n) is 16.0. The molecule has 31 heavy (non-hydrogen) atoms. The standard InChI is InChI=1S/C23H15N3O4S/c27-20(16-11-5-2-6-12-16)21-19(15-9-3-1-4-10-15)24-23(31-21)25-22(28)17-13-7-8-14-18(17)26(29)30/h1-14H,(H,24,25,28). The smallest absolute Gasteiger partial charge is 0.282 e. The molecule has 4 rings (SSSR count). The van der Waals surface area contributed by atoms with Crippen LogP contribution in [-0.2, 0) is 0 Å². The number of rotatable bonds is 6. The monoisotopic (exact) mass is 429 g/mol. The number of nitro benzene ring substituents is 1. The number of benzene rings is 3. The second kappa shape index (κ2) is 8.68. The molecule has 152 valence electrons. The van der Waals surface area contributed by atoms with Gasteiger partial charge in [-0.2, -0.15) is 0 Å². The van der Waals surface area contributed by atoms with Gasteiger partial charge in [0.25, 0.3) is 11.6 Å². The fourth-order valence-corrected chi connectivity index (χ4v) is 3.97. The second-order valence-electron chi connectivity index (χ2n) is 6.49. The third-order valence-electron chi connectivity index (χ3n) is 4.48. The molecule has 1 N–H and O–H groups in total. The molecule has 0 unspecified atom stereocenters. The van der Waals surface area contributed by atoms with E-state index in [0.29, 0.717) is 16.1 Å². The van der Waals surface area contributed by atoms with Crippen molar-refractivity contribution in [3.63, 3.8) is 0 Å². The summed E-state index contributed by atoms with van der Waals surface area (Å²) in [6.45, 7) is 0. The van der Waals surface area contributed by atoms with Gasteiger partial charge in [-0.25, -0.2) is 4.98 Å². The van der Waals surface area contributed by atoms with Gasteiger partial charge in [-0.05, 0) is 6.07 Å². The number of anilines is 1. The maximum absolute atomic E-state index is 13.1. The summed E-state index contributed by atoms with van der Waals surface area (Å²) in [6.07, 6.45) is 0. The molecule has 8 heteroatoms. The molecule has 0 saturated heterocycles. The van der Waals surface area contributed by atoms with Crippen LogP contribution in [0.4, 0.5) is 10.8 Å². The lowest BCUT2D eigenvalue weighted by molar-refractivity contribution is -0.385. The highest BCUT2D eigenvalue weighted by Crippen LogP contribution is 2.33. The molecule has 0 aliphatic rings. The van der Waals surface area contributed by atoms with Crippen LogP contribution in [0, 0.1) is 10.1 Å². The Balaban J connectivity index is 1.73. The first-order chi connectivity index (χ1) is 15.0. The molecule has 1 amide bonds. The van der Waals surface area contributed by atoms with Crippen molar-refractivity contribution < 1.29 is 14.5 Å². The Labute approximate surface area is 181 Å². The predicted molar refractivity (Wildman–Crippen MR) is 118 cm³/mol. The van der Waals surface area contributed by atoms with Crippen LogP contribution in [0.3, 0.4) is 0 Å². The number of ketones is 1. The Morgan fingerprint density at radius 3 is 2.16 bits per heavy atom. The van der Waals surface area contributed by atoms with Gasteiger partial charge in [0.15, 0.2) is 5.13 Å². The maximum Gasteiger partial charge on any atom is 0.282 e. The molecule has 0 atom stereocenters. The minimum atomic E-state index is -0.667. The van der Waals surface area contributed by atoms with Gasteiger partial charge >= 0.3 is 0 Å². The number of nitro groups is 1. The Bertz CT molecular complexity index is 1270. The van der Waals surface area contributed by atoms with Gasteiger partial charge in [-0.3, -0.25) is 25.0 Å². The number of hydrogen-bond donors (Lipinski definition) is 1. The number of nitrogens with one attached hydrogen (secondary N) is 1. The summed E-state index contributed by atoms with van der Waals surface area (Å²) >= 11 is 1.03. The normalized spacial score (nSPS) is 10.5. The molecule has 0 spiro atoms. The average molecular weight is 429 g/mol. The first kappa shape index (κ1) is 20.1. The Hall–Kier alpha value is -4.17. The molecule has 1 heterocycles. The van der Waals surface area contributed by atoms with Crippen molar-refractivity contribution in [3.05, 3.63) is 111 Å². The van der Waals surface area contributed by atoms with E-state index in [1.807, 2.05) is 36.4 Å². The van der Waals surface area contributed by atoms with E-state index in [2.05, 4.69) is 10.3 Å². The molecule has 0 bridgehead atoms. The van der Waals surface area contributed by atoms with E-state index in [1.165, 1.54) is 18.2 Å². The zero-order valence-corrected chi connectivity index (χ0v) is 16.8. The summed E-state index contributed by atoms with van der Waals surface area (Å²) in [6, 6.07) is 23.6. The molecule has 1 aromatic heterocycles. The summed E-state index contributed by atoms with van der Waals surface area (Å²) in [4.78, 5) is 41.3. The van der Waals surface area contributed by atoms with E-state index < -0.39 is 10.8 Å². The van der Waals surface area contributed by atoms with E-state index in [1.54, 1.807) is 30.3 Å². The van der Waals surface area contributed by atoms with Gasteiger partial charge in [0.2, 0.25) is 5.78 Å². The third-order valence-corrected chi connectivity index (χ3v) is 5.45. The van der Waals surface area contributed by atoms with Gasteiger partial charge < -0.3 is 0 Å². The van der Waals surface area contributed by atoms with Gasteiger partial charge in [-0.1, -0.05) is 84.1 Å². The minimum Gasteiger partial charge on any atom is -0.298 e. The maximum atomic E-state index is 13.1. The number of nitrogens with zero attached hydrogens (tertiary/aromatic N) is 2. The van der Waals surface area contributed by atoms with Crippen LogP contribution in [-0.4, -0.2) is 21.6 Å². The lowest BCUT2D eigenvalue weighted by Crippen LogP contribution is -2.13. The first-order valence-electron chi connectivity index (χ1n) is 9.25. The molecule has 0 fully saturated rings. The van der Waals surface area contributed by atoms with Crippen LogP contribution in [0.5, 0.6) is 0 Å². The van der Waals surface area contributed by atoms with Crippen molar-refractivity contribution in [1.82, 2.24) is 4.98 Å². The van der Waals surface area contributed by atoms with Crippen molar-refractivity contribution in [2.45, 2.75) is 0 Å². The predicted octanol–water partition coefficient (Wildman–Crippen LogP) is 5.20. The van der Waals surface area contributed by atoms with Crippen molar-refractivity contribution in [1.29, 1.82) is 0 Å². The average Bonchev–Trinajstić information content (AvgIpc) is 3.23. The Morgan fingerprint density at radius 1 is 0.871 bits per heavy atom. The van der Waals surface area contributed by atoms with E-state index in [0.717, 1.165) is 16.9 Å². The van der Waals surface area contributed by atoms with Crippen molar-refractivity contribution in [2.75, 3.05) is 5.32 Å². The summed E-state index contributed by atoms with van der Waals surface area (Å²) in [5.74, 6) is -0.887. The number of carbonyl (C=O) groups excluding carboxylic acids is 2. The SMILES string of the molecule is O=C(Nc1nc(-c2ccccc2)c(C(=O)c2ccccc2)s1)c1ccccc1[N+](=O)[O-]. The lowest BCUT2D eigenvalue weighted by Gasteiger charge is -2.02. The van der Waals surface area contributed by atoms with Crippen LogP contribution >= 0.6 is 11.3 Å². The van der Waals surface area contributed by atoms with Gasteiger partial charge in [0, 0.05) is 17.2 Å². The Morgan fingerprint density at radius 2 is 1.48 bits per heavy atom. The Kier molecular flexibility index (Phi) is 5.63. The highest BCUT2D eigenvalue weighted by molar-refractivity contribution is 7.18. The van der Waals surface area contributed by atoms with Crippen LogP contribution in [0.15, 0.2) is 84.9 Å². The van der Waals surface area contributed by atoms with Crippen molar-refractivity contribution in [3.8, 4) is 11.3 Å². The van der Waals surface area contributed by atoms with Crippen LogP contribution < -0.4 is 5.32 Å². The zero-order chi connectivity index (χ0) is 21.8. The number of hydrogen-bond acceptors (Lipinski definition) is 6. The molecule has 0 aliphatic carbocycles. The number of carbonyl (C=O) groups is 2. The van der Waals surface area contributed by atoms with Gasteiger partial charge in [0.1, 0.15) is 10.4 Å². The van der Waals surface area contributed by atoms with E-state index in [9.17, 15) is 19.7 Å². The van der Waals surface area contributed by atoms with E-state index in [4.69, 9.17) is 0 Å². The van der Waals surface area contributed by atoms with Crippen LogP contribution in [0.25, 0.3) is 11.3 Å². The quantitative estimate of drug-likeness (QED) is 0.258. The molecule has 0 aliphatic heterocycles. The summed E-state index contributed by atoms with van der Waals surface area (Å²) in [7, 11) is 0. The van der Waals surface area contributed by atoms with E-state index >= 15 is 0 Å². The largest absolute Gasteiger partial charge is 0.298 e.